The van der Waals surface area contributed by atoms with E-state index in [1.807, 2.05) is 91.0 Å². The summed E-state index contributed by atoms with van der Waals surface area (Å²) in [5, 5.41) is 21.1. The van der Waals surface area contributed by atoms with Crippen molar-refractivity contribution in [1.82, 2.24) is 19.9 Å². The van der Waals surface area contributed by atoms with Crippen LogP contribution in [0, 0.1) is 0 Å². The van der Waals surface area contributed by atoms with E-state index in [2.05, 4.69) is 48.5 Å². The summed E-state index contributed by atoms with van der Waals surface area (Å²) in [6.07, 6.45) is 8.04. The summed E-state index contributed by atoms with van der Waals surface area (Å²) in [4.78, 5) is 20.9. The minimum absolute atomic E-state index is 0. The molecule has 0 aliphatic carbocycles. The molecule has 5 heterocycles. The molecule has 2 N–H and O–H groups in total. The van der Waals surface area contributed by atoms with Crippen molar-refractivity contribution in [3.63, 3.8) is 0 Å². The van der Waals surface area contributed by atoms with Gasteiger partial charge in [0.1, 0.15) is 11.5 Å². The van der Waals surface area contributed by atoms with Gasteiger partial charge >= 0.3 is 16.8 Å². The summed E-state index contributed by atoms with van der Waals surface area (Å²) in [5.74, 6) is -0.113. The molecule has 9 rings (SSSR count). The van der Waals surface area contributed by atoms with Gasteiger partial charge in [-0.3, -0.25) is 0 Å². The number of nitrogens with zero attached hydrogens (tertiary/aromatic N) is 4. The number of rotatable bonds is 4. The number of fused-ring (bicyclic) bond motifs is 8. The standard InChI is InChI=1S/C44H28N4O2.Co/c49-31-24-30(25-32(50)26-31)44-39-22-20-37(47-39)42(28-12-6-2-7-13-28)35-18-16-33(45-35)41(27-10-4-1-5-11-27)34-17-19-36(46-34)43(29-14-8-3-9-15-29)38-21-23-40(44)48-38;/h1-26H,(H2-2,45,46,47,48,49,50);/q-2;+2. The number of hydrogen-bond acceptors (Lipinski definition) is 4. The monoisotopic (exact) mass is 703 g/mol. The number of phenols is 2. The molecule has 2 aliphatic rings. The van der Waals surface area contributed by atoms with E-state index in [-0.39, 0.29) is 28.3 Å². The molecule has 4 aromatic carbocycles. The predicted molar refractivity (Wildman–Crippen MR) is 202 cm³/mol. The summed E-state index contributed by atoms with van der Waals surface area (Å²) >= 11 is 0. The average molecular weight is 704 g/mol. The Labute approximate surface area is 304 Å². The topological polar surface area (TPSA) is 94.4 Å². The Morgan fingerprint density at radius 3 is 0.961 bits per heavy atom. The summed E-state index contributed by atoms with van der Waals surface area (Å²) in [6, 6.07) is 43.1. The van der Waals surface area contributed by atoms with Crippen LogP contribution in [0.3, 0.4) is 0 Å². The smallest absolute Gasteiger partial charge is 0.657 e. The molecule has 0 atom stereocenters. The third kappa shape index (κ3) is 5.84. The Bertz CT molecular complexity index is 2600. The third-order valence-electron chi connectivity index (χ3n) is 8.99. The van der Waals surface area contributed by atoms with Gasteiger partial charge < -0.3 is 20.2 Å². The molecule has 6 nitrogen and oxygen atoms in total. The van der Waals surface area contributed by atoms with Crippen LogP contribution < -0.4 is 9.97 Å². The van der Waals surface area contributed by atoms with Crippen molar-refractivity contribution in [2.24, 2.45) is 0 Å². The first kappa shape index (κ1) is 31.8. The van der Waals surface area contributed by atoms with Crippen LogP contribution in [0.2, 0.25) is 0 Å². The SMILES string of the molecule is Oc1cc(O)cc(-c2c3nc(c(-c4ccccc4)c4ccc([n-]4)c(-c4ccccc4)c4nc(c(-c5ccccc5)c5ccc2[n-]5)C=C4)C=C3)c1.[Co+2]. The first-order valence-electron chi connectivity index (χ1n) is 16.3. The summed E-state index contributed by atoms with van der Waals surface area (Å²) < 4.78 is 0. The van der Waals surface area contributed by atoms with Crippen molar-refractivity contribution in [3.8, 4) is 56.0 Å². The van der Waals surface area contributed by atoms with Gasteiger partial charge in [-0.05, 0) is 80.9 Å². The van der Waals surface area contributed by atoms with Crippen LogP contribution in [-0.4, -0.2) is 20.2 Å². The van der Waals surface area contributed by atoms with Crippen molar-refractivity contribution in [3.05, 3.63) is 156 Å². The third-order valence-corrected chi connectivity index (χ3v) is 8.99. The molecule has 0 fully saturated rings. The largest absolute Gasteiger partial charge is 2.00 e. The fourth-order valence-corrected chi connectivity index (χ4v) is 6.82. The second kappa shape index (κ2) is 13.1. The molecule has 0 amide bonds. The number of benzene rings is 4. The maximum Gasteiger partial charge on any atom is 2.00 e. The van der Waals surface area contributed by atoms with Gasteiger partial charge in [0.25, 0.3) is 0 Å². The van der Waals surface area contributed by atoms with E-state index in [1.165, 1.54) is 6.07 Å². The van der Waals surface area contributed by atoms with Crippen LogP contribution in [0.5, 0.6) is 11.5 Å². The Kier molecular flexibility index (Phi) is 8.20. The zero-order chi connectivity index (χ0) is 33.6. The molecule has 1 radical (unpaired) electrons. The van der Waals surface area contributed by atoms with Crippen molar-refractivity contribution < 1.29 is 27.0 Å². The normalized spacial score (nSPS) is 11.8. The van der Waals surface area contributed by atoms with E-state index in [4.69, 9.17) is 19.9 Å². The maximum atomic E-state index is 10.6. The molecule has 0 saturated carbocycles. The second-order valence-electron chi connectivity index (χ2n) is 12.2. The maximum absolute atomic E-state index is 10.6. The van der Waals surface area contributed by atoms with Crippen LogP contribution in [0.4, 0.5) is 0 Å². The molecular weight excluding hydrogens is 675 g/mol. The molecule has 8 bridgehead atoms. The average Bonchev–Trinajstić information content (AvgIpc) is 3.97. The Hall–Kier alpha value is -6.41. The molecule has 245 valence electrons. The molecule has 2 aliphatic heterocycles. The van der Waals surface area contributed by atoms with Gasteiger partial charge in [0.2, 0.25) is 0 Å². The number of aromatic nitrogens is 4. The minimum atomic E-state index is -0.0567. The minimum Gasteiger partial charge on any atom is -0.657 e. The molecule has 0 spiro atoms. The van der Waals surface area contributed by atoms with Crippen molar-refractivity contribution in [1.29, 1.82) is 0 Å². The molecule has 7 aromatic rings. The van der Waals surface area contributed by atoms with Crippen LogP contribution in [-0.2, 0) is 16.8 Å². The van der Waals surface area contributed by atoms with Gasteiger partial charge in [0.05, 0.1) is 22.8 Å². The Balaban J connectivity index is 0.00000374. The fourth-order valence-electron chi connectivity index (χ4n) is 6.82. The second-order valence-corrected chi connectivity index (χ2v) is 12.2. The van der Waals surface area contributed by atoms with Gasteiger partial charge in [-0.2, -0.15) is 0 Å². The van der Waals surface area contributed by atoms with E-state index in [1.54, 1.807) is 12.1 Å². The van der Waals surface area contributed by atoms with Gasteiger partial charge in [-0.15, -0.1) is 22.1 Å². The first-order chi connectivity index (χ1) is 24.6. The quantitative estimate of drug-likeness (QED) is 0.190. The zero-order valence-electron chi connectivity index (χ0n) is 27.0. The van der Waals surface area contributed by atoms with E-state index in [0.29, 0.717) is 22.3 Å². The van der Waals surface area contributed by atoms with Crippen LogP contribution in [0.25, 0.3) is 90.9 Å². The van der Waals surface area contributed by atoms with Gasteiger partial charge in [0.15, 0.2) is 0 Å². The molecule has 51 heavy (non-hydrogen) atoms. The van der Waals surface area contributed by atoms with Gasteiger partial charge in [-0.25, -0.2) is 9.97 Å². The molecule has 7 heteroatoms. The number of hydrogen-bond donors (Lipinski definition) is 2. The van der Waals surface area contributed by atoms with Gasteiger partial charge in [-0.1, -0.05) is 115 Å². The fraction of sp³-hybridized carbons (Fsp3) is 0. The molecular formula is C44H28CoN4O2. The first-order valence-corrected chi connectivity index (χ1v) is 16.3. The van der Waals surface area contributed by atoms with E-state index >= 15 is 0 Å². The summed E-state index contributed by atoms with van der Waals surface area (Å²) in [7, 11) is 0. The Morgan fingerprint density at radius 2 is 0.647 bits per heavy atom. The van der Waals surface area contributed by atoms with Crippen LogP contribution in [0.15, 0.2) is 133 Å². The van der Waals surface area contributed by atoms with E-state index in [9.17, 15) is 10.2 Å². The summed E-state index contributed by atoms with van der Waals surface area (Å²) in [5.41, 5.74) is 12.9. The predicted octanol–water partition coefficient (Wildman–Crippen LogP) is 9.99. The number of phenolic OH excluding ortho intramolecular Hbond substituents is 2. The Morgan fingerprint density at radius 1 is 0.353 bits per heavy atom. The number of aromatic hydroxyl groups is 2. The molecule has 0 saturated heterocycles. The zero-order valence-corrected chi connectivity index (χ0v) is 28.1. The van der Waals surface area contributed by atoms with E-state index in [0.717, 1.165) is 67.0 Å². The van der Waals surface area contributed by atoms with Crippen molar-refractivity contribution >= 4 is 46.4 Å². The van der Waals surface area contributed by atoms with E-state index < -0.39 is 0 Å². The van der Waals surface area contributed by atoms with Crippen LogP contribution >= 0.6 is 0 Å². The van der Waals surface area contributed by atoms with Gasteiger partial charge in [0, 0.05) is 6.07 Å². The molecule has 3 aromatic heterocycles. The van der Waals surface area contributed by atoms with Crippen LogP contribution in [0.1, 0.15) is 22.8 Å². The van der Waals surface area contributed by atoms with Crippen molar-refractivity contribution in [2.45, 2.75) is 0 Å². The molecule has 0 unspecified atom stereocenters. The van der Waals surface area contributed by atoms with Crippen molar-refractivity contribution in [2.75, 3.05) is 0 Å². The summed E-state index contributed by atoms with van der Waals surface area (Å²) in [6.45, 7) is 0.